The second-order valence-corrected chi connectivity index (χ2v) is 4.45. The van der Waals surface area contributed by atoms with Crippen LogP contribution in [0.5, 0.6) is 0 Å². The average molecular weight is 268 g/mol. The van der Waals surface area contributed by atoms with Crippen molar-refractivity contribution in [3.63, 3.8) is 0 Å². The molecule has 18 heavy (non-hydrogen) atoms. The number of benzene rings is 2. The fourth-order valence-corrected chi connectivity index (χ4v) is 1.85. The van der Waals surface area contributed by atoms with Gasteiger partial charge in [-0.25, -0.2) is 8.78 Å². The summed E-state index contributed by atoms with van der Waals surface area (Å²) in [6.45, 7) is 1.90. The van der Waals surface area contributed by atoms with Gasteiger partial charge in [0, 0.05) is 6.04 Å². The molecule has 0 heterocycles. The van der Waals surface area contributed by atoms with Gasteiger partial charge in [0.2, 0.25) is 0 Å². The van der Waals surface area contributed by atoms with E-state index in [9.17, 15) is 8.78 Å². The Morgan fingerprint density at radius 2 is 1.61 bits per heavy atom. The van der Waals surface area contributed by atoms with E-state index in [0.717, 1.165) is 5.56 Å². The summed E-state index contributed by atoms with van der Waals surface area (Å²) in [6.07, 6.45) is 0. The molecule has 0 bridgehead atoms. The molecule has 94 valence electrons. The summed E-state index contributed by atoms with van der Waals surface area (Å²) >= 11 is 5.96. The van der Waals surface area contributed by atoms with Gasteiger partial charge in [0.25, 0.3) is 0 Å². The monoisotopic (exact) mass is 267 g/mol. The lowest BCUT2D eigenvalue weighted by atomic mass is 10.1. The summed E-state index contributed by atoms with van der Waals surface area (Å²) in [5.41, 5.74) is 1.42. The minimum atomic E-state index is -0.354. The van der Waals surface area contributed by atoms with Crippen LogP contribution in [0.15, 0.2) is 42.5 Å². The molecule has 0 amide bonds. The van der Waals surface area contributed by atoms with Crippen molar-refractivity contribution in [2.45, 2.75) is 13.0 Å². The molecule has 0 saturated heterocycles. The summed E-state index contributed by atoms with van der Waals surface area (Å²) in [4.78, 5) is 0. The third-order valence-electron chi connectivity index (χ3n) is 2.67. The van der Waals surface area contributed by atoms with Gasteiger partial charge in [-0.2, -0.15) is 0 Å². The van der Waals surface area contributed by atoms with Crippen LogP contribution in [0.1, 0.15) is 18.5 Å². The molecule has 0 fully saturated rings. The molecule has 0 aliphatic carbocycles. The van der Waals surface area contributed by atoms with Gasteiger partial charge >= 0.3 is 0 Å². The molecule has 1 atom stereocenters. The molecule has 0 saturated carbocycles. The Balaban J connectivity index is 2.18. The highest BCUT2D eigenvalue weighted by Crippen LogP contribution is 2.26. The van der Waals surface area contributed by atoms with Crippen LogP contribution in [-0.4, -0.2) is 0 Å². The molecule has 1 unspecified atom stereocenters. The molecule has 4 heteroatoms. The Kier molecular flexibility index (Phi) is 3.82. The highest BCUT2D eigenvalue weighted by Gasteiger charge is 2.08. The van der Waals surface area contributed by atoms with Crippen LogP contribution in [0, 0.1) is 11.6 Å². The zero-order valence-corrected chi connectivity index (χ0v) is 10.5. The second kappa shape index (κ2) is 5.36. The molecule has 0 aliphatic heterocycles. The summed E-state index contributed by atoms with van der Waals surface area (Å²) in [5, 5.41) is 3.54. The number of halogens is 3. The first-order chi connectivity index (χ1) is 8.56. The molecule has 2 rings (SSSR count). The molecule has 2 aromatic rings. The van der Waals surface area contributed by atoms with Crippen LogP contribution in [-0.2, 0) is 0 Å². The maximum absolute atomic E-state index is 13.1. The number of nitrogens with one attached hydrogen (secondary N) is 1. The van der Waals surface area contributed by atoms with Gasteiger partial charge in [-0.15, -0.1) is 0 Å². The zero-order valence-electron chi connectivity index (χ0n) is 9.75. The Morgan fingerprint density at radius 1 is 1.00 bits per heavy atom. The van der Waals surface area contributed by atoms with Gasteiger partial charge < -0.3 is 5.32 Å². The lowest BCUT2D eigenvalue weighted by Crippen LogP contribution is -2.07. The first kappa shape index (κ1) is 12.8. The van der Waals surface area contributed by atoms with Crippen molar-refractivity contribution in [1.29, 1.82) is 0 Å². The van der Waals surface area contributed by atoms with Gasteiger partial charge in [-0.05, 0) is 42.8 Å². The van der Waals surface area contributed by atoms with E-state index >= 15 is 0 Å². The largest absolute Gasteiger partial charge is 0.377 e. The van der Waals surface area contributed by atoms with Crippen molar-refractivity contribution in [2.24, 2.45) is 0 Å². The predicted molar refractivity (Wildman–Crippen MR) is 69.8 cm³/mol. The second-order valence-electron chi connectivity index (χ2n) is 4.04. The standard InChI is InChI=1S/C14H12ClF2N/c1-9(10-2-4-11(16)5-3-10)18-14-8-12(17)6-7-13(14)15/h2-9,18H,1H3. The van der Waals surface area contributed by atoms with Gasteiger partial charge in [0.05, 0.1) is 10.7 Å². The molecule has 0 aliphatic rings. The van der Waals surface area contributed by atoms with Crippen molar-refractivity contribution in [3.05, 3.63) is 64.7 Å². The van der Waals surface area contributed by atoms with Crippen LogP contribution >= 0.6 is 11.6 Å². The summed E-state index contributed by atoms with van der Waals surface area (Å²) in [5.74, 6) is -0.636. The van der Waals surface area contributed by atoms with E-state index in [1.165, 1.54) is 30.3 Å². The third-order valence-corrected chi connectivity index (χ3v) is 3.00. The highest BCUT2D eigenvalue weighted by molar-refractivity contribution is 6.33. The van der Waals surface area contributed by atoms with E-state index in [1.54, 1.807) is 12.1 Å². The normalized spacial score (nSPS) is 12.2. The van der Waals surface area contributed by atoms with Crippen LogP contribution in [0.25, 0.3) is 0 Å². The maximum Gasteiger partial charge on any atom is 0.125 e. The van der Waals surface area contributed by atoms with Crippen LogP contribution in [0.4, 0.5) is 14.5 Å². The summed E-state index contributed by atoms with van der Waals surface area (Å²) in [7, 11) is 0. The Hall–Kier alpha value is -1.61. The lowest BCUT2D eigenvalue weighted by Gasteiger charge is -2.16. The van der Waals surface area contributed by atoms with E-state index in [4.69, 9.17) is 11.6 Å². The van der Waals surface area contributed by atoms with E-state index in [2.05, 4.69) is 5.32 Å². The SMILES string of the molecule is CC(Nc1cc(F)ccc1Cl)c1ccc(F)cc1. The van der Waals surface area contributed by atoms with Crippen molar-refractivity contribution in [1.82, 2.24) is 0 Å². The van der Waals surface area contributed by atoms with Crippen molar-refractivity contribution < 1.29 is 8.78 Å². The van der Waals surface area contributed by atoms with Gasteiger partial charge in [0.1, 0.15) is 11.6 Å². The molecule has 2 aromatic carbocycles. The molecule has 0 radical (unpaired) electrons. The zero-order chi connectivity index (χ0) is 13.1. The van der Waals surface area contributed by atoms with Gasteiger partial charge in [-0.3, -0.25) is 0 Å². The van der Waals surface area contributed by atoms with Crippen molar-refractivity contribution in [2.75, 3.05) is 5.32 Å². The van der Waals surface area contributed by atoms with Crippen LogP contribution in [0.2, 0.25) is 5.02 Å². The number of hydrogen-bond donors (Lipinski definition) is 1. The first-order valence-electron chi connectivity index (χ1n) is 5.53. The minimum Gasteiger partial charge on any atom is -0.377 e. The lowest BCUT2D eigenvalue weighted by molar-refractivity contribution is 0.626. The maximum atomic E-state index is 13.1. The minimum absolute atomic E-state index is 0.0927. The van der Waals surface area contributed by atoms with Crippen LogP contribution in [0.3, 0.4) is 0 Å². The Bertz CT molecular complexity index is 540. The molecule has 0 aromatic heterocycles. The number of rotatable bonds is 3. The topological polar surface area (TPSA) is 12.0 Å². The summed E-state index contributed by atoms with van der Waals surface area (Å²) < 4.78 is 25.9. The first-order valence-corrected chi connectivity index (χ1v) is 5.91. The fraction of sp³-hybridized carbons (Fsp3) is 0.143. The average Bonchev–Trinajstić information content (AvgIpc) is 2.34. The number of anilines is 1. The highest BCUT2D eigenvalue weighted by atomic mass is 35.5. The molecule has 1 nitrogen and oxygen atoms in total. The number of hydrogen-bond acceptors (Lipinski definition) is 1. The van der Waals surface area contributed by atoms with E-state index < -0.39 is 0 Å². The van der Waals surface area contributed by atoms with Crippen molar-refractivity contribution >= 4 is 17.3 Å². The quantitative estimate of drug-likeness (QED) is 0.843. The van der Waals surface area contributed by atoms with Gasteiger partial charge in [-0.1, -0.05) is 23.7 Å². The molecular weight excluding hydrogens is 256 g/mol. The van der Waals surface area contributed by atoms with E-state index in [-0.39, 0.29) is 17.7 Å². The third kappa shape index (κ3) is 2.99. The van der Waals surface area contributed by atoms with Gasteiger partial charge in [0.15, 0.2) is 0 Å². The predicted octanol–water partition coefficient (Wildman–Crippen LogP) is 4.79. The summed E-state index contributed by atoms with van der Waals surface area (Å²) in [6, 6.07) is 10.2. The fourth-order valence-electron chi connectivity index (χ4n) is 1.68. The smallest absolute Gasteiger partial charge is 0.125 e. The van der Waals surface area contributed by atoms with Crippen LogP contribution < -0.4 is 5.32 Å². The van der Waals surface area contributed by atoms with E-state index in [0.29, 0.717) is 10.7 Å². The molecular formula is C14H12ClF2N. The molecule has 0 spiro atoms. The van der Waals surface area contributed by atoms with Crippen molar-refractivity contribution in [3.8, 4) is 0 Å². The Labute approximate surface area is 109 Å². The van der Waals surface area contributed by atoms with E-state index in [1.807, 2.05) is 6.92 Å². The Morgan fingerprint density at radius 3 is 2.28 bits per heavy atom. The molecule has 1 N–H and O–H groups in total.